The van der Waals surface area contributed by atoms with Crippen LogP contribution in [0.1, 0.15) is 5.82 Å². The average molecular weight is 420 g/mol. The van der Waals surface area contributed by atoms with Gasteiger partial charge in [0, 0.05) is 7.05 Å². The van der Waals surface area contributed by atoms with Crippen LogP contribution in [0.15, 0.2) is 17.3 Å². The van der Waals surface area contributed by atoms with Crippen LogP contribution in [-0.4, -0.2) is 26.4 Å². The summed E-state index contributed by atoms with van der Waals surface area (Å²) in [5, 5.41) is 9.54. The van der Waals surface area contributed by atoms with E-state index in [-0.39, 0.29) is 31.7 Å². The van der Waals surface area contributed by atoms with Crippen LogP contribution < -0.4 is 5.32 Å². The van der Waals surface area contributed by atoms with Gasteiger partial charge in [-0.05, 0) is 12.1 Å². The number of hydrogen-bond acceptors (Lipinski definition) is 4. The highest BCUT2D eigenvalue weighted by molar-refractivity contribution is 7.99. The number of thioether (sulfide) groups is 1. The van der Waals surface area contributed by atoms with Crippen molar-refractivity contribution in [1.29, 1.82) is 0 Å². The van der Waals surface area contributed by atoms with Gasteiger partial charge in [0.1, 0.15) is 0 Å². The Morgan fingerprint density at radius 3 is 2.42 bits per heavy atom. The maximum Gasteiger partial charge on any atom is 0.451 e. The monoisotopic (exact) mass is 418 g/mol. The van der Waals surface area contributed by atoms with E-state index in [1.807, 2.05) is 0 Å². The topological polar surface area (TPSA) is 59.8 Å². The molecule has 0 bridgehead atoms. The number of hydrogen-bond donors (Lipinski definition) is 1. The third-order valence-electron chi connectivity index (χ3n) is 2.70. The first-order valence-corrected chi connectivity index (χ1v) is 8.25. The number of nitrogens with zero attached hydrogens (tertiary/aromatic N) is 3. The minimum absolute atomic E-state index is 0.0438. The maximum atomic E-state index is 12.6. The zero-order valence-corrected chi connectivity index (χ0v) is 14.9. The van der Waals surface area contributed by atoms with Gasteiger partial charge in [0.15, 0.2) is 5.16 Å². The predicted octanol–water partition coefficient (Wildman–Crippen LogP) is 4.52. The third kappa shape index (κ3) is 4.47. The summed E-state index contributed by atoms with van der Waals surface area (Å²) in [5.41, 5.74) is 0.241. The Morgan fingerprint density at radius 2 is 1.83 bits per heavy atom. The fourth-order valence-corrected chi connectivity index (χ4v) is 2.93. The van der Waals surface area contributed by atoms with Crippen LogP contribution in [-0.2, 0) is 18.0 Å². The number of carbonyl (C=O) groups is 1. The molecule has 0 atom stereocenters. The number of aromatic nitrogens is 3. The third-order valence-corrected chi connectivity index (χ3v) is 4.76. The molecule has 1 heterocycles. The maximum absolute atomic E-state index is 12.6. The predicted molar refractivity (Wildman–Crippen MR) is 86.8 cm³/mol. The first-order chi connectivity index (χ1) is 11.1. The second-order valence-corrected chi connectivity index (χ2v) is 6.61. The van der Waals surface area contributed by atoms with Crippen molar-refractivity contribution in [2.75, 3.05) is 11.1 Å². The highest BCUT2D eigenvalue weighted by Gasteiger charge is 2.37. The van der Waals surface area contributed by atoms with Crippen LogP contribution >= 0.6 is 46.6 Å². The van der Waals surface area contributed by atoms with E-state index in [0.717, 1.165) is 16.3 Å². The molecule has 1 N–H and O–H groups in total. The van der Waals surface area contributed by atoms with Crippen molar-refractivity contribution < 1.29 is 18.0 Å². The van der Waals surface area contributed by atoms with E-state index in [0.29, 0.717) is 0 Å². The number of benzene rings is 1. The molecule has 1 amide bonds. The Kier molecular flexibility index (Phi) is 5.90. The van der Waals surface area contributed by atoms with Crippen molar-refractivity contribution in [3.05, 3.63) is 33.0 Å². The van der Waals surface area contributed by atoms with Crippen molar-refractivity contribution in [2.45, 2.75) is 11.3 Å². The number of carbonyl (C=O) groups excluding carboxylic acids is 1. The van der Waals surface area contributed by atoms with E-state index in [4.69, 9.17) is 34.8 Å². The zero-order valence-electron chi connectivity index (χ0n) is 11.8. The van der Waals surface area contributed by atoms with E-state index in [1.165, 1.54) is 19.2 Å². The minimum Gasteiger partial charge on any atom is -0.324 e. The highest BCUT2D eigenvalue weighted by atomic mass is 35.5. The molecule has 12 heteroatoms. The van der Waals surface area contributed by atoms with Crippen LogP contribution in [0, 0.1) is 0 Å². The quantitative estimate of drug-likeness (QED) is 0.584. The first kappa shape index (κ1) is 19.2. The van der Waals surface area contributed by atoms with Crippen LogP contribution in [0.25, 0.3) is 0 Å². The Hall–Kier alpha value is -1.16. The molecule has 0 fully saturated rings. The minimum atomic E-state index is -4.61. The van der Waals surface area contributed by atoms with E-state index < -0.39 is 17.9 Å². The summed E-state index contributed by atoms with van der Waals surface area (Å²) >= 11 is 18.3. The summed E-state index contributed by atoms with van der Waals surface area (Å²) in [6.45, 7) is 0. The largest absolute Gasteiger partial charge is 0.451 e. The molecule has 2 aromatic rings. The lowest BCUT2D eigenvalue weighted by atomic mass is 10.3. The fourth-order valence-electron chi connectivity index (χ4n) is 1.62. The van der Waals surface area contributed by atoms with Crippen molar-refractivity contribution >= 4 is 58.2 Å². The van der Waals surface area contributed by atoms with Crippen molar-refractivity contribution in [2.24, 2.45) is 7.05 Å². The smallest absolute Gasteiger partial charge is 0.324 e. The number of amides is 1. The lowest BCUT2D eigenvalue weighted by Crippen LogP contribution is -2.15. The number of halogens is 6. The standard InChI is InChI=1S/C12H8Cl3F3N4OS/c1-22-10(12(16,17)18)20-21-11(22)24-4-9(23)19-8-3-6(14)5(13)2-7(8)15/h2-3H,4H2,1H3,(H,19,23). The van der Waals surface area contributed by atoms with Crippen molar-refractivity contribution in [1.82, 2.24) is 14.8 Å². The van der Waals surface area contributed by atoms with Gasteiger partial charge in [0.2, 0.25) is 11.7 Å². The van der Waals surface area contributed by atoms with Gasteiger partial charge in [-0.1, -0.05) is 46.6 Å². The summed E-state index contributed by atoms with van der Waals surface area (Å²) in [5.74, 6) is -1.84. The molecule has 5 nitrogen and oxygen atoms in total. The van der Waals surface area contributed by atoms with Crippen molar-refractivity contribution in [3.8, 4) is 0 Å². The Morgan fingerprint density at radius 1 is 1.21 bits per heavy atom. The van der Waals surface area contributed by atoms with Gasteiger partial charge in [-0.3, -0.25) is 4.79 Å². The summed E-state index contributed by atoms with van der Waals surface area (Å²) in [4.78, 5) is 11.9. The molecular weight excluding hydrogens is 412 g/mol. The van der Waals surface area contributed by atoms with Crippen molar-refractivity contribution in [3.63, 3.8) is 0 Å². The zero-order chi connectivity index (χ0) is 18.1. The van der Waals surface area contributed by atoms with E-state index in [9.17, 15) is 18.0 Å². The molecular formula is C12H8Cl3F3N4OS. The SMILES string of the molecule is Cn1c(SCC(=O)Nc2cc(Cl)c(Cl)cc2Cl)nnc1C(F)(F)F. The van der Waals surface area contributed by atoms with Crippen LogP contribution in [0.3, 0.4) is 0 Å². The molecule has 130 valence electrons. The molecule has 0 saturated carbocycles. The van der Waals surface area contributed by atoms with E-state index in [1.54, 1.807) is 0 Å². The molecule has 0 spiro atoms. The first-order valence-electron chi connectivity index (χ1n) is 6.13. The van der Waals surface area contributed by atoms with Crippen LogP contribution in [0.2, 0.25) is 15.1 Å². The Balaban J connectivity index is 2.02. The van der Waals surface area contributed by atoms with Gasteiger partial charge < -0.3 is 9.88 Å². The molecule has 0 aliphatic rings. The molecule has 0 radical (unpaired) electrons. The van der Waals surface area contributed by atoms with Gasteiger partial charge >= 0.3 is 6.18 Å². The van der Waals surface area contributed by atoms with Gasteiger partial charge in [0.05, 0.1) is 26.5 Å². The highest BCUT2D eigenvalue weighted by Crippen LogP contribution is 2.33. The number of anilines is 1. The molecule has 2 rings (SSSR count). The van der Waals surface area contributed by atoms with Crippen LogP contribution in [0.4, 0.5) is 18.9 Å². The number of nitrogens with one attached hydrogen (secondary N) is 1. The Labute approximate surface area is 153 Å². The molecule has 0 aliphatic carbocycles. The van der Waals surface area contributed by atoms with E-state index >= 15 is 0 Å². The van der Waals surface area contributed by atoms with E-state index in [2.05, 4.69) is 15.5 Å². The molecule has 1 aromatic heterocycles. The summed E-state index contributed by atoms with van der Waals surface area (Å²) in [6, 6.07) is 2.74. The lowest BCUT2D eigenvalue weighted by Gasteiger charge is -2.09. The Bertz CT molecular complexity index is 782. The second kappa shape index (κ2) is 7.38. The molecule has 24 heavy (non-hydrogen) atoms. The number of rotatable bonds is 4. The molecule has 1 aromatic carbocycles. The second-order valence-electron chi connectivity index (χ2n) is 4.45. The number of alkyl halides is 3. The average Bonchev–Trinajstić information content (AvgIpc) is 2.83. The van der Waals surface area contributed by atoms with Gasteiger partial charge in [-0.25, -0.2) is 0 Å². The lowest BCUT2D eigenvalue weighted by molar-refractivity contribution is -0.147. The summed E-state index contributed by atoms with van der Waals surface area (Å²) < 4.78 is 38.6. The van der Waals surface area contributed by atoms with Gasteiger partial charge in [0.25, 0.3) is 0 Å². The normalized spacial score (nSPS) is 11.6. The molecule has 0 saturated heterocycles. The summed E-state index contributed by atoms with van der Waals surface area (Å²) in [6.07, 6.45) is -4.61. The van der Waals surface area contributed by atoms with Crippen LogP contribution in [0.5, 0.6) is 0 Å². The molecule has 0 unspecified atom stereocenters. The molecule has 0 aliphatic heterocycles. The summed E-state index contributed by atoms with van der Waals surface area (Å²) in [7, 11) is 1.17. The fraction of sp³-hybridized carbons (Fsp3) is 0.250. The van der Waals surface area contributed by atoms with Gasteiger partial charge in [-0.15, -0.1) is 10.2 Å². The van der Waals surface area contributed by atoms with Gasteiger partial charge in [-0.2, -0.15) is 13.2 Å².